The molecule has 0 aliphatic heterocycles. The van der Waals surface area contributed by atoms with Crippen molar-refractivity contribution in [3.8, 4) is 17.4 Å². The van der Waals surface area contributed by atoms with E-state index in [4.69, 9.17) is 15.2 Å². The monoisotopic (exact) mass is 387 g/mol. The standard InChI is InChI=1S/C22H21N5O2/c1-13-7-10-17(28-3)16(11-13)27-21-19(23)22(25-12-24-21)29-18-6-4-5-15-9-8-14(2)26-20(15)18/h4-12H,23H2,1-3H3,(H,24,25,27). The Hall–Kier alpha value is -3.87. The van der Waals surface area contributed by atoms with E-state index in [0.29, 0.717) is 23.0 Å². The van der Waals surface area contributed by atoms with Gasteiger partial charge in [-0.15, -0.1) is 0 Å². The number of pyridine rings is 1. The first kappa shape index (κ1) is 18.5. The molecular weight excluding hydrogens is 366 g/mol. The molecule has 0 atom stereocenters. The number of nitrogens with zero attached hydrogens (tertiary/aromatic N) is 3. The summed E-state index contributed by atoms with van der Waals surface area (Å²) in [5.41, 5.74) is 10.1. The van der Waals surface area contributed by atoms with E-state index in [9.17, 15) is 0 Å². The number of benzene rings is 2. The van der Waals surface area contributed by atoms with Crippen LogP contribution >= 0.6 is 0 Å². The molecule has 0 unspecified atom stereocenters. The van der Waals surface area contributed by atoms with Crippen LogP contribution in [0.3, 0.4) is 0 Å². The number of aryl methyl sites for hydroxylation is 2. The minimum Gasteiger partial charge on any atom is -0.495 e. The molecule has 4 rings (SSSR count). The number of ether oxygens (including phenoxy) is 2. The maximum atomic E-state index is 6.31. The average molecular weight is 387 g/mol. The van der Waals surface area contributed by atoms with Crippen LogP contribution in [0.15, 0.2) is 54.9 Å². The minimum atomic E-state index is 0.255. The zero-order chi connectivity index (χ0) is 20.4. The first-order valence-corrected chi connectivity index (χ1v) is 9.11. The third kappa shape index (κ3) is 3.75. The topological polar surface area (TPSA) is 95.2 Å². The van der Waals surface area contributed by atoms with Gasteiger partial charge in [-0.1, -0.05) is 24.3 Å². The Kier molecular flexibility index (Phi) is 4.87. The number of para-hydroxylation sites is 1. The second kappa shape index (κ2) is 7.63. The van der Waals surface area contributed by atoms with Crippen LogP contribution in [0.4, 0.5) is 17.2 Å². The molecule has 0 bridgehead atoms. The van der Waals surface area contributed by atoms with Crippen LogP contribution < -0.4 is 20.5 Å². The molecule has 2 aromatic carbocycles. The van der Waals surface area contributed by atoms with E-state index in [1.807, 2.05) is 62.4 Å². The maximum Gasteiger partial charge on any atom is 0.248 e. The van der Waals surface area contributed by atoms with Gasteiger partial charge in [-0.3, -0.25) is 0 Å². The van der Waals surface area contributed by atoms with Crippen molar-refractivity contribution < 1.29 is 9.47 Å². The maximum absolute atomic E-state index is 6.31. The van der Waals surface area contributed by atoms with Crippen molar-refractivity contribution in [2.45, 2.75) is 13.8 Å². The lowest BCUT2D eigenvalue weighted by Gasteiger charge is -2.15. The van der Waals surface area contributed by atoms with Crippen LogP contribution in [-0.4, -0.2) is 22.1 Å². The van der Waals surface area contributed by atoms with E-state index in [1.165, 1.54) is 6.33 Å². The van der Waals surface area contributed by atoms with Gasteiger partial charge in [0.15, 0.2) is 11.6 Å². The van der Waals surface area contributed by atoms with Crippen LogP contribution in [0.2, 0.25) is 0 Å². The van der Waals surface area contributed by atoms with E-state index in [0.717, 1.165) is 27.8 Å². The zero-order valence-electron chi connectivity index (χ0n) is 16.4. The van der Waals surface area contributed by atoms with Gasteiger partial charge in [0, 0.05) is 11.1 Å². The Morgan fingerprint density at radius 2 is 1.83 bits per heavy atom. The van der Waals surface area contributed by atoms with Gasteiger partial charge >= 0.3 is 0 Å². The van der Waals surface area contributed by atoms with E-state index in [-0.39, 0.29) is 5.88 Å². The van der Waals surface area contributed by atoms with Crippen molar-refractivity contribution in [1.82, 2.24) is 15.0 Å². The number of rotatable bonds is 5. The van der Waals surface area contributed by atoms with Gasteiger partial charge in [0.05, 0.1) is 12.8 Å². The van der Waals surface area contributed by atoms with Gasteiger partial charge in [0.2, 0.25) is 5.88 Å². The third-order valence-electron chi connectivity index (χ3n) is 4.48. The number of nitrogens with one attached hydrogen (secondary N) is 1. The van der Waals surface area contributed by atoms with Crippen molar-refractivity contribution in [3.63, 3.8) is 0 Å². The number of methoxy groups -OCH3 is 1. The van der Waals surface area contributed by atoms with Gasteiger partial charge in [-0.25, -0.2) is 9.97 Å². The van der Waals surface area contributed by atoms with E-state index < -0.39 is 0 Å². The summed E-state index contributed by atoms with van der Waals surface area (Å²) in [4.78, 5) is 13.0. The number of hydrogen-bond donors (Lipinski definition) is 2. The first-order valence-electron chi connectivity index (χ1n) is 9.11. The Labute approximate surface area is 168 Å². The number of fused-ring (bicyclic) bond motifs is 1. The predicted molar refractivity (Wildman–Crippen MR) is 114 cm³/mol. The number of nitrogen functional groups attached to an aromatic ring is 1. The van der Waals surface area contributed by atoms with E-state index in [2.05, 4.69) is 20.3 Å². The second-order valence-electron chi connectivity index (χ2n) is 6.65. The van der Waals surface area contributed by atoms with Gasteiger partial charge in [-0.05, 0) is 43.7 Å². The normalized spacial score (nSPS) is 10.7. The fraction of sp³-hybridized carbons (Fsp3) is 0.136. The number of nitrogens with two attached hydrogens (primary N) is 1. The highest BCUT2D eigenvalue weighted by Gasteiger charge is 2.14. The van der Waals surface area contributed by atoms with Gasteiger partial charge in [-0.2, -0.15) is 4.98 Å². The lowest BCUT2D eigenvalue weighted by molar-refractivity contribution is 0.416. The van der Waals surface area contributed by atoms with Crippen LogP contribution in [0.25, 0.3) is 10.9 Å². The van der Waals surface area contributed by atoms with E-state index >= 15 is 0 Å². The molecule has 4 aromatic rings. The molecule has 0 amide bonds. The molecule has 7 nitrogen and oxygen atoms in total. The largest absolute Gasteiger partial charge is 0.495 e. The Bertz CT molecular complexity index is 1190. The molecule has 0 aliphatic carbocycles. The van der Waals surface area contributed by atoms with Crippen LogP contribution in [-0.2, 0) is 0 Å². The smallest absolute Gasteiger partial charge is 0.248 e. The van der Waals surface area contributed by atoms with Crippen LogP contribution in [0, 0.1) is 13.8 Å². The predicted octanol–water partition coefficient (Wildman–Crippen LogP) is 4.77. The van der Waals surface area contributed by atoms with Crippen LogP contribution in [0.5, 0.6) is 17.4 Å². The van der Waals surface area contributed by atoms with Gasteiger partial charge in [0.25, 0.3) is 0 Å². The highest BCUT2D eigenvalue weighted by molar-refractivity contribution is 5.85. The molecule has 0 spiro atoms. The Morgan fingerprint density at radius 1 is 0.966 bits per heavy atom. The van der Waals surface area contributed by atoms with Gasteiger partial charge in [0.1, 0.15) is 23.3 Å². The fourth-order valence-corrected chi connectivity index (χ4v) is 3.01. The van der Waals surface area contributed by atoms with Crippen molar-refractivity contribution >= 4 is 28.1 Å². The molecule has 0 saturated heterocycles. The summed E-state index contributed by atoms with van der Waals surface area (Å²) in [7, 11) is 1.61. The van der Waals surface area contributed by atoms with Crippen molar-refractivity contribution in [2.24, 2.45) is 0 Å². The third-order valence-corrected chi connectivity index (χ3v) is 4.48. The summed E-state index contributed by atoms with van der Waals surface area (Å²) in [5.74, 6) is 1.95. The molecule has 2 aromatic heterocycles. The quantitative estimate of drug-likeness (QED) is 0.509. The summed E-state index contributed by atoms with van der Waals surface area (Å²) in [5, 5.41) is 4.18. The summed E-state index contributed by atoms with van der Waals surface area (Å²) < 4.78 is 11.4. The first-order chi connectivity index (χ1) is 14.0. The number of hydrogen-bond acceptors (Lipinski definition) is 7. The molecule has 7 heteroatoms. The Balaban J connectivity index is 1.70. The minimum absolute atomic E-state index is 0.255. The molecule has 3 N–H and O–H groups in total. The lowest BCUT2D eigenvalue weighted by Crippen LogP contribution is -2.04. The van der Waals surface area contributed by atoms with Crippen molar-refractivity contribution in [2.75, 3.05) is 18.2 Å². The summed E-state index contributed by atoms with van der Waals surface area (Å²) in [6, 6.07) is 15.5. The second-order valence-corrected chi connectivity index (χ2v) is 6.65. The molecular formula is C22H21N5O2. The molecule has 0 radical (unpaired) electrons. The fourth-order valence-electron chi connectivity index (χ4n) is 3.01. The molecule has 29 heavy (non-hydrogen) atoms. The van der Waals surface area contributed by atoms with Crippen molar-refractivity contribution in [1.29, 1.82) is 0 Å². The number of aromatic nitrogens is 3. The molecule has 146 valence electrons. The summed E-state index contributed by atoms with van der Waals surface area (Å²) in [6.07, 6.45) is 1.40. The average Bonchev–Trinajstić information content (AvgIpc) is 2.71. The zero-order valence-corrected chi connectivity index (χ0v) is 16.4. The highest BCUT2D eigenvalue weighted by Crippen LogP contribution is 2.35. The highest BCUT2D eigenvalue weighted by atomic mass is 16.5. The SMILES string of the molecule is COc1ccc(C)cc1Nc1ncnc(Oc2cccc3ccc(C)nc23)c1N. The molecule has 0 fully saturated rings. The molecule has 0 saturated carbocycles. The molecule has 0 aliphatic rings. The van der Waals surface area contributed by atoms with Gasteiger partial charge < -0.3 is 20.5 Å². The summed E-state index contributed by atoms with van der Waals surface area (Å²) in [6.45, 7) is 3.94. The number of anilines is 3. The van der Waals surface area contributed by atoms with Crippen LogP contribution in [0.1, 0.15) is 11.3 Å². The summed E-state index contributed by atoms with van der Waals surface area (Å²) >= 11 is 0. The van der Waals surface area contributed by atoms with E-state index in [1.54, 1.807) is 7.11 Å². The Morgan fingerprint density at radius 3 is 2.66 bits per heavy atom. The lowest BCUT2D eigenvalue weighted by atomic mass is 10.2. The molecule has 2 heterocycles. The van der Waals surface area contributed by atoms with Crippen molar-refractivity contribution in [3.05, 3.63) is 66.1 Å².